The first-order valence-electron chi connectivity index (χ1n) is 13.4. The predicted octanol–water partition coefficient (Wildman–Crippen LogP) is 4.83. The zero-order valence-corrected chi connectivity index (χ0v) is 24.1. The minimum absolute atomic E-state index is 0.00951. The van der Waals surface area contributed by atoms with E-state index in [0.29, 0.717) is 12.0 Å². The Kier molecular flexibility index (Phi) is 10.1. The number of sulfonamides is 1. The highest BCUT2D eigenvalue weighted by atomic mass is 32.2. The average Bonchev–Trinajstić information content (AvgIpc) is 3.26. The van der Waals surface area contributed by atoms with Gasteiger partial charge in [0.05, 0.1) is 23.0 Å². The largest absolute Gasteiger partial charge is 0.481 e. The summed E-state index contributed by atoms with van der Waals surface area (Å²) in [4.78, 5) is 10.6. The maximum atomic E-state index is 13.6. The second kappa shape index (κ2) is 12.6. The molecule has 3 rings (SSSR count). The summed E-state index contributed by atoms with van der Waals surface area (Å²) in [6.45, 7) is 5.43. The van der Waals surface area contributed by atoms with Crippen molar-refractivity contribution in [3.63, 3.8) is 0 Å². The molecule has 40 heavy (non-hydrogen) atoms. The lowest BCUT2D eigenvalue weighted by molar-refractivity contribution is -0.138. The van der Waals surface area contributed by atoms with Gasteiger partial charge < -0.3 is 15.5 Å². The van der Waals surface area contributed by atoms with Crippen LogP contribution in [0.15, 0.2) is 47.4 Å². The van der Waals surface area contributed by atoms with E-state index in [4.69, 9.17) is 5.11 Å². The van der Waals surface area contributed by atoms with Crippen LogP contribution in [0.2, 0.25) is 0 Å². The summed E-state index contributed by atoms with van der Waals surface area (Å²) in [6, 6.07) is 10.8. The van der Waals surface area contributed by atoms with Crippen molar-refractivity contribution >= 4 is 16.0 Å². The molecule has 2 aromatic carbocycles. The monoisotopic (exact) mass is 584 g/mol. The highest BCUT2D eigenvalue weighted by Crippen LogP contribution is 2.36. The first-order valence-corrected chi connectivity index (χ1v) is 14.9. The number of benzene rings is 2. The number of aliphatic carboxylic acids is 1. The fourth-order valence-corrected chi connectivity index (χ4v) is 6.79. The van der Waals surface area contributed by atoms with Crippen LogP contribution in [0, 0.1) is 5.92 Å². The standard InChI is InChI=1S/C29H39F3N2O5S/c1-5-20(14-27(36)37)23-12-24(29(30,31)32)15-26(13-23)40(38,39)34(4)18-25(35)17-33-28(2,3)16-19-10-21-8-6-7-9-22(21)11-19/h6-9,12-13,15,19-20,25,33,35H,5,10-11,14,16-18H2,1-4H3,(H,36,37)/t20-,25?/m1/s1. The van der Waals surface area contributed by atoms with Gasteiger partial charge in [-0.3, -0.25) is 4.79 Å². The third-order valence-electron chi connectivity index (χ3n) is 7.57. The molecule has 0 radical (unpaired) electrons. The number of nitrogens with one attached hydrogen (secondary N) is 1. The van der Waals surface area contributed by atoms with Gasteiger partial charge in [0.15, 0.2) is 0 Å². The number of carboxylic acid groups (broad SMARTS) is 1. The SMILES string of the molecule is CC[C@H](CC(=O)O)c1cc(C(F)(F)F)cc(S(=O)(=O)N(C)CC(O)CNC(C)(C)CC2Cc3ccccc3C2)c1. The molecule has 1 unspecified atom stereocenters. The lowest BCUT2D eigenvalue weighted by Gasteiger charge is -2.31. The number of rotatable bonds is 13. The number of nitrogens with zero attached hydrogens (tertiary/aromatic N) is 1. The van der Waals surface area contributed by atoms with E-state index in [1.165, 1.54) is 18.2 Å². The van der Waals surface area contributed by atoms with Gasteiger partial charge in [0, 0.05) is 25.7 Å². The van der Waals surface area contributed by atoms with Gasteiger partial charge in [-0.1, -0.05) is 31.2 Å². The molecule has 0 amide bonds. The van der Waals surface area contributed by atoms with E-state index < -0.39 is 51.1 Å². The lowest BCUT2D eigenvalue weighted by Crippen LogP contribution is -2.47. The number of β-amino-alcohol motifs (C(OH)–C–C–N with tert-alkyl or cyclic N) is 1. The molecular weight excluding hydrogens is 545 g/mol. The Morgan fingerprint density at radius 1 is 1.12 bits per heavy atom. The Labute approximate surface area is 234 Å². The Balaban J connectivity index is 1.68. The fraction of sp³-hybridized carbons (Fsp3) is 0.552. The van der Waals surface area contributed by atoms with Gasteiger partial charge in [0.1, 0.15) is 0 Å². The Bertz CT molecular complexity index is 1270. The Morgan fingerprint density at radius 3 is 2.25 bits per heavy atom. The molecular formula is C29H39F3N2O5S. The number of alkyl halides is 3. The van der Waals surface area contributed by atoms with Crippen LogP contribution in [0.25, 0.3) is 0 Å². The van der Waals surface area contributed by atoms with Crippen LogP contribution in [0.5, 0.6) is 0 Å². The van der Waals surface area contributed by atoms with Crippen molar-refractivity contribution in [3.05, 3.63) is 64.7 Å². The number of carboxylic acids is 1. The van der Waals surface area contributed by atoms with Crippen LogP contribution in [-0.2, 0) is 33.8 Å². The van der Waals surface area contributed by atoms with Gasteiger partial charge in [-0.25, -0.2) is 8.42 Å². The van der Waals surface area contributed by atoms with Crippen LogP contribution >= 0.6 is 0 Å². The van der Waals surface area contributed by atoms with E-state index >= 15 is 0 Å². The summed E-state index contributed by atoms with van der Waals surface area (Å²) >= 11 is 0. The van der Waals surface area contributed by atoms with Crippen LogP contribution < -0.4 is 5.32 Å². The zero-order valence-electron chi connectivity index (χ0n) is 23.3. The molecule has 0 heterocycles. The van der Waals surface area contributed by atoms with Crippen LogP contribution in [0.4, 0.5) is 13.2 Å². The summed E-state index contributed by atoms with van der Waals surface area (Å²) in [5.41, 5.74) is 1.19. The Hall–Kier alpha value is -2.47. The number of aliphatic hydroxyl groups excluding tert-OH is 1. The van der Waals surface area contributed by atoms with E-state index in [2.05, 4.69) is 17.4 Å². The molecule has 1 aliphatic carbocycles. The number of hydrogen-bond acceptors (Lipinski definition) is 5. The van der Waals surface area contributed by atoms with E-state index in [1.54, 1.807) is 6.92 Å². The van der Waals surface area contributed by atoms with Crippen molar-refractivity contribution in [1.29, 1.82) is 0 Å². The molecule has 11 heteroatoms. The van der Waals surface area contributed by atoms with Crippen molar-refractivity contribution in [2.24, 2.45) is 5.92 Å². The average molecular weight is 585 g/mol. The minimum Gasteiger partial charge on any atom is -0.481 e. The second-order valence-electron chi connectivity index (χ2n) is 11.4. The normalized spacial score (nSPS) is 16.2. The molecule has 0 spiro atoms. The minimum atomic E-state index is -4.82. The zero-order chi connectivity index (χ0) is 29.9. The van der Waals surface area contributed by atoms with Crippen molar-refractivity contribution < 1.29 is 36.6 Å². The molecule has 222 valence electrons. The summed E-state index contributed by atoms with van der Waals surface area (Å²) < 4.78 is 68.3. The number of likely N-dealkylation sites (N-methyl/N-ethyl adjacent to an activating group) is 1. The smallest absolute Gasteiger partial charge is 0.416 e. The van der Waals surface area contributed by atoms with Crippen molar-refractivity contribution in [2.75, 3.05) is 20.1 Å². The number of aliphatic hydroxyl groups is 1. The van der Waals surface area contributed by atoms with E-state index in [-0.39, 0.29) is 30.6 Å². The molecule has 2 atom stereocenters. The van der Waals surface area contributed by atoms with Gasteiger partial charge in [-0.2, -0.15) is 17.5 Å². The summed E-state index contributed by atoms with van der Waals surface area (Å²) in [6.07, 6.45) is -3.33. The number of hydrogen-bond donors (Lipinski definition) is 3. The van der Waals surface area contributed by atoms with E-state index in [1.807, 2.05) is 26.0 Å². The third kappa shape index (κ3) is 8.28. The summed E-state index contributed by atoms with van der Waals surface area (Å²) in [5.74, 6) is -1.53. The molecule has 0 saturated carbocycles. The molecule has 1 aliphatic rings. The maximum absolute atomic E-state index is 13.6. The summed E-state index contributed by atoms with van der Waals surface area (Å²) in [5, 5.41) is 23.1. The molecule has 0 bridgehead atoms. The summed E-state index contributed by atoms with van der Waals surface area (Å²) in [7, 11) is -3.21. The topological polar surface area (TPSA) is 107 Å². The quantitative estimate of drug-likeness (QED) is 0.312. The maximum Gasteiger partial charge on any atom is 0.416 e. The van der Waals surface area contributed by atoms with Crippen LogP contribution in [0.1, 0.15) is 68.2 Å². The van der Waals surface area contributed by atoms with Gasteiger partial charge in [0.25, 0.3) is 0 Å². The molecule has 0 saturated heterocycles. The highest BCUT2D eigenvalue weighted by Gasteiger charge is 2.35. The molecule has 3 N–H and O–H groups in total. The molecule has 0 aromatic heterocycles. The molecule has 0 fully saturated rings. The lowest BCUT2D eigenvalue weighted by atomic mass is 9.88. The molecule has 0 aliphatic heterocycles. The highest BCUT2D eigenvalue weighted by molar-refractivity contribution is 7.89. The molecule has 2 aromatic rings. The predicted molar refractivity (Wildman–Crippen MR) is 147 cm³/mol. The van der Waals surface area contributed by atoms with E-state index in [9.17, 15) is 31.5 Å². The first-order chi connectivity index (χ1) is 18.5. The Morgan fingerprint density at radius 2 is 1.73 bits per heavy atom. The van der Waals surface area contributed by atoms with E-state index in [0.717, 1.165) is 35.7 Å². The van der Waals surface area contributed by atoms with Crippen LogP contribution in [-0.4, -0.2) is 60.7 Å². The van der Waals surface area contributed by atoms with Crippen molar-refractivity contribution in [2.45, 2.75) is 81.5 Å². The first kappa shape index (κ1) is 32.0. The van der Waals surface area contributed by atoms with Crippen LogP contribution in [0.3, 0.4) is 0 Å². The molecule has 7 nitrogen and oxygen atoms in total. The van der Waals surface area contributed by atoms with Crippen molar-refractivity contribution in [1.82, 2.24) is 9.62 Å². The number of carbonyl (C=O) groups is 1. The third-order valence-corrected chi connectivity index (χ3v) is 9.37. The van der Waals surface area contributed by atoms with Gasteiger partial charge >= 0.3 is 12.1 Å². The van der Waals surface area contributed by atoms with Gasteiger partial charge in [-0.05, 0) is 86.3 Å². The fourth-order valence-electron chi connectivity index (χ4n) is 5.50. The van der Waals surface area contributed by atoms with Crippen molar-refractivity contribution in [3.8, 4) is 0 Å². The second-order valence-corrected chi connectivity index (χ2v) is 13.5. The van der Waals surface area contributed by atoms with Gasteiger partial charge in [-0.15, -0.1) is 0 Å². The van der Waals surface area contributed by atoms with Gasteiger partial charge in [0.2, 0.25) is 10.0 Å². The number of halogens is 3. The number of fused-ring (bicyclic) bond motifs is 1.